The quantitative estimate of drug-likeness (QED) is 0.376. The SMILES string of the molecule is CN=C(NCC1CCSCC1)NC1CCCC(C(F)(F)F)C1.I. The second-order valence-corrected chi connectivity index (χ2v) is 7.48. The molecule has 136 valence electrons. The van der Waals surface area contributed by atoms with Gasteiger partial charge >= 0.3 is 6.18 Å². The number of thioether (sulfide) groups is 1. The van der Waals surface area contributed by atoms with Crippen LogP contribution in [0.2, 0.25) is 0 Å². The molecule has 2 unspecified atom stereocenters. The van der Waals surface area contributed by atoms with Crippen molar-refractivity contribution in [2.24, 2.45) is 16.8 Å². The molecule has 0 radical (unpaired) electrons. The van der Waals surface area contributed by atoms with Gasteiger partial charge in [-0.2, -0.15) is 24.9 Å². The van der Waals surface area contributed by atoms with Crippen LogP contribution in [0.3, 0.4) is 0 Å². The molecule has 1 saturated heterocycles. The molecule has 0 bridgehead atoms. The largest absolute Gasteiger partial charge is 0.391 e. The van der Waals surface area contributed by atoms with Gasteiger partial charge in [-0.05, 0) is 49.5 Å². The third kappa shape index (κ3) is 7.27. The first-order chi connectivity index (χ1) is 10.5. The molecule has 23 heavy (non-hydrogen) atoms. The van der Waals surface area contributed by atoms with Crippen LogP contribution in [-0.2, 0) is 0 Å². The van der Waals surface area contributed by atoms with E-state index in [-0.39, 0.29) is 42.9 Å². The molecule has 0 spiro atoms. The minimum Gasteiger partial charge on any atom is -0.356 e. The Morgan fingerprint density at radius 2 is 1.87 bits per heavy atom. The highest BCUT2D eigenvalue weighted by atomic mass is 127. The predicted octanol–water partition coefficient (Wildman–Crippen LogP) is 4.03. The van der Waals surface area contributed by atoms with Crippen molar-refractivity contribution in [2.75, 3.05) is 25.1 Å². The van der Waals surface area contributed by atoms with Gasteiger partial charge in [-0.15, -0.1) is 24.0 Å². The van der Waals surface area contributed by atoms with E-state index >= 15 is 0 Å². The zero-order valence-corrected chi connectivity index (χ0v) is 16.6. The standard InChI is InChI=1S/C15H26F3N3S.HI/c1-19-14(20-10-11-5-7-22-8-6-11)21-13-4-2-3-12(9-13)15(16,17)18;/h11-13H,2-10H2,1H3,(H2,19,20,21);1H. The third-order valence-corrected chi connectivity index (χ3v) is 5.65. The Bertz CT molecular complexity index is 373. The number of nitrogens with one attached hydrogen (secondary N) is 2. The first kappa shape index (κ1) is 21.2. The summed E-state index contributed by atoms with van der Waals surface area (Å²) in [7, 11) is 1.68. The van der Waals surface area contributed by atoms with Crippen molar-refractivity contribution in [3.8, 4) is 0 Å². The Kier molecular flexibility index (Phi) is 9.40. The van der Waals surface area contributed by atoms with E-state index in [0.717, 1.165) is 13.0 Å². The van der Waals surface area contributed by atoms with Crippen LogP contribution in [0.15, 0.2) is 4.99 Å². The second kappa shape index (κ2) is 10.2. The van der Waals surface area contributed by atoms with E-state index in [0.29, 0.717) is 18.3 Å². The van der Waals surface area contributed by atoms with Crippen molar-refractivity contribution >= 4 is 41.7 Å². The monoisotopic (exact) mass is 465 g/mol. The lowest BCUT2D eigenvalue weighted by Gasteiger charge is -2.32. The van der Waals surface area contributed by atoms with Gasteiger partial charge in [-0.25, -0.2) is 0 Å². The van der Waals surface area contributed by atoms with Gasteiger partial charge in [-0.1, -0.05) is 6.42 Å². The van der Waals surface area contributed by atoms with E-state index in [1.54, 1.807) is 7.05 Å². The van der Waals surface area contributed by atoms with E-state index in [2.05, 4.69) is 15.6 Å². The fraction of sp³-hybridized carbons (Fsp3) is 0.933. The number of nitrogens with zero attached hydrogens (tertiary/aromatic N) is 1. The lowest BCUT2D eigenvalue weighted by atomic mass is 9.85. The van der Waals surface area contributed by atoms with Crippen molar-refractivity contribution < 1.29 is 13.2 Å². The normalized spacial score (nSPS) is 27.2. The van der Waals surface area contributed by atoms with Crippen LogP contribution in [0.1, 0.15) is 38.5 Å². The Morgan fingerprint density at radius 3 is 2.48 bits per heavy atom. The van der Waals surface area contributed by atoms with Crippen molar-refractivity contribution in [3.05, 3.63) is 0 Å². The molecule has 2 aliphatic rings. The summed E-state index contributed by atoms with van der Waals surface area (Å²) in [5.41, 5.74) is 0. The molecule has 1 heterocycles. The molecule has 0 amide bonds. The third-order valence-electron chi connectivity index (χ3n) is 4.60. The minimum absolute atomic E-state index is 0. The van der Waals surface area contributed by atoms with Gasteiger partial charge in [0.2, 0.25) is 0 Å². The summed E-state index contributed by atoms with van der Waals surface area (Å²) in [5, 5.41) is 6.47. The first-order valence-corrected chi connectivity index (χ1v) is 9.26. The summed E-state index contributed by atoms with van der Waals surface area (Å²) < 4.78 is 38.5. The highest BCUT2D eigenvalue weighted by molar-refractivity contribution is 14.0. The Hall–Kier alpha value is 0.140. The van der Waals surface area contributed by atoms with Gasteiger partial charge in [0.1, 0.15) is 0 Å². The van der Waals surface area contributed by atoms with Crippen molar-refractivity contribution in [1.29, 1.82) is 0 Å². The number of rotatable bonds is 3. The predicted molar refractivity (Wildman–Crippen MR) is 102 cm³/mol. The van der Waals surface area contributed by atoms with Gasteiger partial charge in [0.15, 0.2) is 5.96 Å². The van der Waals surface area contributed by atoms with Crippen LogP contribution in [0.4, 0.5) is 13.2 Å². The van der Waals surface area contributed by atoms with Crippen LogP contribution < -0.4 is 10.6 Å². The maximum absolute atomic E-state index is 12.8. The van der Waals surface area contributed by atoms with Crippen LogP contribution in [0.5, 0.6) is 0 Å². The van der Waals surface area contributed by atoms with Crippen LogP contribution in [0.25, 0.3) is 0 Å². The van der Waals surface area contributed by atoms with E-state index < -0.39 is 12.1 Å². The van der Waals surface area contributed by atoms with Gasteiger partial charge < -0.3 is 10.6 Å². The zero-order valence-electron chi connectivity index (χ0n) is 13.5. The van der Waals surface area contributed by atoms with Crippen LogP contribution in [0, 0.1) is 11.8 Å². The molecule has 2 fully saturated rings. The first-order valence-electron chi connectivity index (χ1n) is 8.10. The number of hydrogen-bond acceptors (Lipinski definition) is 2. The van der Waals surface area contributed by atoms with E-state index in [1.807, 2.05) is 11.8 Å². The molecule has 0 aromatic heterocycles. The number of halogens is 4. The van der Waals surface area contributed by atoms with E-state index in [1.165, 1.54) is 24.3 Å². The molecule has 1 aliphatic carbocycles. The zero-order chi connectivity index (χ0) is 16.0. The second-order valence-electron chi connectivity index (χ2n) is 6.26. The smallest absolute Gasteiger partial charge is 0.356 e. The molecular formula is C15H27F3IN3S. The molecule has 1 aliphatic heterocycles. The van der Waals surface area contributed by atoms with Gasteiger partial charge in [-0.3, -0.25) is 4.99 Å². The maximum atomic E-state index is 12.8. The fourth-order valence-corrected chi connectivity index (χ4v) is 4.40. The van der Waals surface area contributed by atoms with Crippen molar-refractivity contribution in [2.45, 2.75) is 50.7 Å². The van der Waals surface area contributed by atoms with Gasteiger partial charge in [0.05, 0.1) is 5.92 Å². The summed E-state index contributed by atoms with van der Waals surface area (Å²) >= 11 is 1.99. The molecule has 0 aromatic rings. The fourth-order valence-electron chi connectivity index (χ4n) is 3.20. The topological polar surface area (TPSA) is 36.4 Å². The molecule has 3 nitrogen and oxygen atoms in total. The molecule has 2 atom stereocenters. The average molecular weight is 465 g/mol. The molecular weight excluding hydrogens is 438 g/mol. The lowest BCUT2D eigenvalue weighted by Crippen LogP contribution is -2.47. The number of aliphatic imine (C=N–C) groups is 1. The number of guanidine groups is 1. The van der Waals surface area contributed by atoms with Gasteiger partial charge in [0, 0.05) is 19.6 Å². The summed E-state index contributed by atoms with van der Waals surface area (Å²) in [6, 6.07) is -0.131. The maximum Gasteiger partial charge on any atom is 0.391 e. The molecule has 2 N–H and O–H groups in total. The van der Waals surface area contributed by atoms with Crippen LogP contribution >= 0.6 is 35.7 Å². The Labute approximate surface area is 158 Å². The average Bonchev–Trinajstić information content (AvgIpc) is 2.52. The number of hydrogen-bond donors (Lipinski definition) is 2. The van der Waals surface area contributed by atoms with Crippen molar-refractivity contribution in [1.82, 2.24) is 10.6 Å². The lowest BCUT2D eigenvalue weighted by molar-refractivity contribution is -0.183. The summed E-state index contributed by atoms with van der Waals surface area (Å²) in [6.45, 7) is 0.857. The van der Waals surface area contributed by atoms with E-state index in [9.17, 15) is 13.2 Å². The summed E-state index contributed by atoms with van der Waals surface area (Å²) in [5.74, 6) is 2.52. The summed E-state index contributed by atoms with van der Waals surface area (Å²) in [6.07, 6.45) is 0.156. The molecule has 1 saturated carbocycles. The number of alkyl halides is 3. The highest BCUT2D eigenvalue weighted by Gasteiger charge is 2.42. The Balaban J connectivity index is 0.00000264. The van der Waals surface area contributed by atoms with E-state index in [4.69, 9.17) is 0 Å². The summed E-state index contributed by atoms with van der Waals surface area (Å²) in [4.78, 5) is 4.16. The molecule has 0 aromatic carbocycles. The van der Waals surface area contributed by atoms with Crippen molar-refractivity contribution in [3.63, 3.8) is 0 Å². The Morgan fingerprint density at radius 1 is 1.17 bits per heavy atom. The molecule has 8 heteroatoms. The van der Waals surface area contributed by atoms with Crippen LogP contribution in [-0.4, -0.2) is 43.3 Å². The molecule has 2 rings (SSSR count). The highest BCUT2D eigenvalue weighted by Crippen LogP contribution is 2.37. The van der Waals surface area contributed by atoms with Gasteiger partial charge in [0.25, 0.3) is 0 Å². The minimum atomic E-state index is -4.07.